The van der Waals surface area contributed by atoms with Crippen LogP contribution in [0.3, 0.4) is 0 Å². The highest BCUT2D eigenvalue weighted by molar-refractivity contribution is 5.33. The molecule has 0 atom stereocenters. The van der Waals surface area contributed by atoms with Gasteiger partial charge in [0.05, 0.1) is 6.61 Å². The topological polar surface area (TPSA) is 50.0 Å². The summed E-state index contributed by atoms with van der Waals surface area (Å²) < 4.78 is 30.1. The number of alkyl halides is 2. The molecule has 4 nitrogen and oxygen atoms in total. The van der Waals surface area contributed by atoms with E-state index in [1.165, 1.54) is 0 Å². The highest BCUT2D eigenvalue weighted by Crippen LogP contribution is 2.12. The monoisotopic (exact) mass is 257 g/mol. The molecule has 0 unspecified atom stereocenters. The van der Waals surface area contributed by atoms with Crippen LogP contribution in [0.1, 0.15) is 17.0 Å². The molecule has 0 saturated carbocycles. The Morgan fingerprint density at radius 2 is 2.28 bits per heavy atom. The number of hydrogen-bond acceptors (Lipinski definition) is 3. The Balaban J connectivity index is 2.30. The summed E-state index contributed by atoms with van der Waals surface area (Å²) in [5.74, 6) is 0. The molecular weight excluding hydrogens is 240 g/mol. The Hall–Kier alpha value is -1.45. The molecule has 0 aromatic carbocycles. The SMILES string of the molecule is Cc1c(CNCCOCC(F)F)cc(C#N)n1C. The second-order valence-corrected chi connectivity index (χ2v) is 3.95. The number of hydrogen-bond donors (Lipinski definition) is 1. The van der Waals surface area contributed by atoms with Crippen LogP contribution in [0.4, 0.5) is 8.78 Å². The van der Waals surface area contributed by atoms with Crippen LogP contribution in [0.2, 0.25) is 0 Å². The second-order valence-electron chi connectivity index (χ2n) is 3.95. The van der Waals surface area contributed by atoms with Crippen molar-refractivity contribution in [3.63, 3.8) is 0 Å². The van der Waals surface area contributed by atoms with Gasteiger partial charge in [-0.25, -0.2) is 8.78 Å². The van der Waals surface area contributed by atoms with Crippen molar-refractivity contribution in [3.8, 4) is 6.07 Å². The number of nitrogens with zero attached hydrogens (tertiary/aromatic N) is 2. The normalized spacial score (nSPS) is 10.9. The minimum Gasteiger partial charge on any atom is -0.374 e. The minimum absolute atomic E-state index is 0.251. The van der Waals surface area contributed by atoms with E-state index in [1.54, 1.807) is 0 Å². The van der Waals surface area contributed by atoms with E-state index in [2.05, 4.69) is 11.4 Å². The summed E-state index contributed by atoms with van der Waals surface area (Å²) in [5, 5.41) is 12.0. The maximum Gasteiger partial charge on any atom is 0.261 e. The molecule has 100 valence electrons. The zero-order chi connectivity index (χ0) is 13.5. The van der Waals surface area contributed by atoms with Gasteiger partial charge in [-0.3, -0.25) is 0 Å². The second kappa shape index (κ2) is 7.09. The van der Waals surface area contributed by atoms with E-state index in [4.69, 9.17) is 10.00 Å². The Labute approximate surface area is 105 Å². The van der Waals surface area contributed by atoms with Crippen molar-refractivity contribution in [2.75, 3.05) is 19.8 Å². The molecule has 0 aliphatic rings. The number of aromatic nitrogens is 1. The zero-order valence-electron chi connectivity index (χ0n) is 10.5. The molecule has 0 amide bonds. The first kappa shape index (κ1) is 14.6. The fraction of sp³-hybridized carbons (Fsp3) is 0.583. The smallest absolute Gasteiger partial charge is 0.261 e. The van der Waals surface area contributed by atoms with Gasteiger partial charge in [0.25, 0.3) is 6.43 Å². The highest BCUT2D eigenvalue weighted by Gasteiger charge is 2.07. The summed E-state index contributed by atoms with van der Waals surface area (Å²) >= 11 is 0. The molecular formula is C12H17F2N3O. The van der Waals surface area contributed by atoms with Gasteiger partial charge in [-0.15, -0.1) is 0 Å². The lowest BCUT2D eigenvalue weighted by molar-refractivity contribution is 0.0187. The average Bonchev–Trinajstić information content (AvgIpc) is 2.60. The third kappa shape index (κ3) is 4.09. The lowest BCUT2D eigenvalue weighted by Crippen LogP contribution is -2.20. The number of rotatable bonds is 7. The molecule has 1 N–H and O–H groups in total. The van der Waals surface area contributed by atoms with E-state index in [-0.39, 0.29) is 6.61 Å². The molecule has 0 aliphatic heterocycles. The van der Waals surface area contributed by atoms with Crippen LogP contribution in [-0.4, -0.2) is 30.8 Å². The van der Waals surface area contributed by atoms with Crippen molar-refractivity contribution >= 4 is 0 Å². The van der Waals surface area contributed by atoms with Crippen molar-refractivity contribution in [2.24, 2.45) is 7.05 Å². The summed E-state index contributed by atoms with van der Waals surface area (Å²) in [7, 11) is 1.84. The van der Waals surface area contributed by atoms with E-state index >= 15 is 0 Å². The Kier molecular flexibility index (Phi) is 5.75. The third-order valence-electron chi connectivity index (χ3n) is 2.74. The zero-order valence-corrected chi connectivity index (χ0v) is 10.5. The maximum atomic E-state index is 11.8. The third-order valence-corrected chi connectivity index (χ3v) is 2.74. The molecule has 0 spiro atoms. The van der Waals surface area contributed by atoms with Crippen LogP contribution in [0.5, 0.6) is 0 Å². The summed E-state index contributed by atoms with van der Waals surface area (Å²) in [6, 6.07) is 3.93. The first-order valence-corrected chi connectivity index (χ1v) is 5.68. The Morgan fingerprint density at radius 1 is 1.56 bits per heavy atom. The Morgan fingerprint density at radius 3 is 2.83 bits per heavy atom. The van der Waals surface area contributed by atoms with Crippen molar-refractivity contribution in [1.29, 1.82) is 5.26 Å². The molecule has 0 fully saturated rings. The minimum atomic E-state index is -2.42. The van der Waals surface area contributed by atoms with Crippen molar-refractivity contribution < 1.29 is 13.5 Å². The summed E-state index contributed by atoms with van der Waals surface area (Å²) in [6.07, 6.45) is -2.42. The van der Waals surface area contributed by atoms with Gasteiger partial charge < -0.3 is 14.6 Å². The molecule has 0 saturated heterocycles. The van der Waals surface area contributed by atoms with Crippen LogP contribution in [-0.2, 0) is 18.3 Å². The lowest BCUT2D eigenvalue weighted by Gasteiger charge is -2.06. The summed E-state index contributed by atoms with van der Waals surface area (Å²) in [5.41, 5.74) is 2.66. The van der Waals surface area contributed by atoms with Crippen LogP contribution >= 0.6 is 0 Å². The van der Waals surface area contributed by atoms with E-state index in [0.717, 1.165) is 11.3 Å². The molecule has 1 rings (SSSR count). The summed E-state index contributed by atoms with van der Waals surface area (Å²) in [6.45, 7) is 2.76. The first-order valence-electron chi connectivity index (χ1n) is 5.68. The van der Waals surface area contributed by atoms with E-state index < -0.39 is 13.0 Å². The van der Waals surface area contributed by atoms with Gasteiger partial charge in [0.15, 0.2) is 0 Å². The average molecular weight is 257 g/mol. The highest BCUT2D eigenvalue weighted by atomic mass is 19.3. The molecule has 0 aliphatic carbocycles. The van der Waals surface area contributed by atoms with Crippen LogP contribution in [0, 0.1) is 18.3 Å². The standard InChI is InChI=1S/C12H17F2N3O/c1-9-10(5-11(6-15)17(9)2)7-16-3-4-18-8-12(13)14/h5,12,16H,3-4,7-8H2,1-2H3. The molecule has 1 aromatic rings. The van der Waals surface area contributed by atoms with Crippen molar-refractivity contribution in [3.05, 3.63) is 23.0 Å². The van der Waals surface area contributed by atoms with Gasteiger partial charge in [0.2, 0.25) is 0 Å². The van der Waals surface area contributed by atoms with Gasteiger partial charge in [0.1, 0.15) is 18.4 Å². The van der Waals surface area contributed by atoms with Gasteiger partial charge in [-0.2, -0.15) is 5.26 Å². The fourth-order valence-corrected chi connectivity index (χ4v) is 1.59. The quantitative estimate of drug-likeness (QED) is 0.754. The predicted octanol–water partition coefficient (Wildman–Crippen LogP) is 1.58. The lowest BCUT2D eigenvalue weighted by atomic mass is 10.2. The van der Waals surface area contributed by atoms with E-state index in [1.807, 2.05) is 24.6 Å². The first-order chi connectivity index (χ1) is 8.56. The molecule has 0 bridgehead atoms. The Bertz CT molecular complexity index is 424. The molecule has 6 heteroatoms. The largest absolute Gasteiger partial charge is 0.374 e. The van der Waals surface area contributed by atoms with Gasteiger partial charge in [0, 0.05) is 25.8 Å². The van der Waals surface area contributed by atoms with E-state index in [0.29, 0.717) is 18.8 Å². The number of nitriles is 1. The number of ether oxygens (including phenoxy) is 1. The molecule has 1 aromatic heterocycles. The molecule has 18 heavy (non-hydrogen) atoms. The number of halogens is 2. The van der Waals surface area contributed by atoms with E-state index in [9.17, 15) is 8.78 Å². The van der Waals surface area contributed by atoms with Crippen LogP contribution in [0.15, 0.2) is 6.07 Å². The van der Waals surface area contributed by atoms with Crippen LogP contribution in [0.25, 0.3) is 0 Å². The molecule has 0 radical (unpaired) electrons. The van der Waals surface area contributed by atoms with Crippen LogP contribution < -0.4 is 5.32 Å². The van der Waals surface area contributed by atoms with Gasteiger partial charge in [-0.1, -0.05) is 0 Å². The molecule has 1 heterocycles. The van der Waals surface area contributed by atoms with Gasteiger partial charge in [-0.05, 0) is 18.6 Å². The van der Waals surface area contributed by atoms with Crippen molar-refractivity contribution in [2.45, 2.75) is 19.9 Å². The predicted molar refractivity (Wildman–Crippen MR) is 63.4 cm³/mol. The summed E-state index contributed by atoms with van der Waals surface area (Å²) in [4.78, 5) is 0. The number of nitrogens with one attached hydrogen (secondary N) is 1. The fourth-order valence-electron chi connectivity index (χ4n) is 1.59. The van der Waals surface area contributed by atoms with Crippen molar-refractivity contribution in [1.82, 2.24) is 9.88 Å². The maximum absolute atomic E-state index is 11.8. The van der Waals surface area contributed by atoms with Gasteiger partial charge >= 0.3 is 0 Å².